The molecule has 0 radical (unpaired) electrons. The molecule has 1 atom stereocenters. The summed E-state index contributed by atoms with van der Waals surface area (Å²) in [6.45, 7) is 0.700. The van der Waals surface area contributed by atoms with E-state index in [4.69, 9.17) is 17.3 Å². The normalized spacial score (nSPS) is 19.8. The first-order valence-corrected chi connectivity index (χ1v) is 7.59. The fraction of sp³-hybridized carbons (Fsp3) is 0.133. The van der Waals surface area contributed by atoms with Crippen LogP contribution in [0.2, 0.25) is 5.02 Å². The number of halogens is 1. The molecule has 2 aliphatic heterocycles. The minimum atomic E-state index is 0.182. The SMILES string of the molecule is NC1=NCC2c3ccccc3Sc3cc(Cl)ccc3N12. The minimum Gasteiger partial charge on any atom is -0.369 e. The third-order valence-electron chi connectivity index (χ3n) is 3.66. The van der Waals surface area contributed by atoms with Crippen LogP contribution in [-0.4, -0.2) is 12.5 Å². The summed E-state index contributed by atoms with van der Waals surface area (Å²) < 4.78 is 0. The molecule has 2 aliphatic rings. The number of hydrogen-bond donors (Lipinski definition) is 1. The van der Waals surface area contributed by atoms with Crippen LogP contribution in [0.1, 0.15) is 11.6 Å². The maximum atomic E-state index is 6.14. The zero-order chi connectivity index (χ0) is 13.7. The second kappa shape index (κ2) is 4.43. The number of rotatable bonds is 0. The van der Waals surface area contributed by atoms with Gasteiger partial charge < -0.3 is 10.6 Å². The van der Waals surface area contributed by atoms with Crippen molar-refractivity contribution in [3.63, 3.8) is 0 Å². The van der Waals surface area contributed by atoms with E-state index in [9.17, 15) is 0 Å². The molecule has 0 aliphatic carbocycles. The molecule has 0 saturated heterocycles. The van der Waals surface area contributed by atoms with Gasteiger partial charge >= 0.3 is 0 Å². The predicted octanol–water partition coefficient (Wildman–Crippen LogP) is 3.68. The Kier molecular flexibility index (Phi) is 2.69. The first kappa shape index (κ1) is 12.1. The molecular weight excluding hydrogens is 290 g/mol. The van der Waals surface area contributed by atoms with E-state index >= 15 is 0 Å². The van der Waals surface area contributed by atoms with E-state index in [1.165, 1.54) is 10.5 Å². The summed E-state index contributed by atoms with van der Waals surface area (Å²) in [5.74, 6) is 0.580. The Morgan fingerprint density at radius 2 is 2.05 bits per heavy atom. The van der Waals surface area contributed by atoms with E-state index in [0.29, 0.717) is 12.5 Å². The molecule has 0 aromatic heterocycles. The molecule has 0 fully saturated rings. The van der Waals surface area contributed by atoms with Crippen molar-refractivity contribution < 1.29 is 0 Å². The van der Waals surface area contributed by atoms with Gasteiger partial charge in [-0.25, -0.2) is 0 Å². The summed E-state index contributed by atoms with van der Waals surface area (Å²) in [5.41, 5.74) is 8.46. The van der Waals surface area contributed by atoms with Gasteiger partial charge in [-0.1, -0.05) is 41.6 Å². The maximum absolute atomic E-state index is 6.14. The molecule has 2 heterocycles. The van der Waals surface area contributed by atoms with Crippen LogP contribution in [0.3, 0.4) is 0 Å². The quantitative estimate of drug-likeness (QED) is 0.807. The summed E-state index contributed by atoms with van der Waals surface area (Å²) in [6.07, 6.45) is 0. The molecule has 2 aromatic rings. The Labute approximate surface area is 126 Å². The highest BCUT2D eigenvalue weighted by Gasteiger charge is 2.34. The van der Waals surface area contributed by atoms with E-state index in [1.807, 2.05) is 18.2 Å². The molecule has 1 unspecified atom stereocenters. The van der Waals surface area contributed by atoms with Crippen molar-refractivity contribution >= 4 is 35.0 Å². The fourth-order valence-corrected chi connectivity index (χ4v) is 4.16. The van der Waals surface area contributed by atoms with Crippen molar-refractivity contribution in [2.24, 2.45) is 10.7 Å². The molecule has 2 aromatic carbocycles. The lowest BCUT2D eigenvalue weighted by atomic mass is 10.1. The molecule has 5 heteroatoms. The highest BCUT2D eigenvalue weighted by Crippen LogP contribution is 2.47. The molecule has 0 bridgehead atoms. The summed E-state index contributed by atoms with van der Waals surface area (Å²) in [7, 11) is 0. The van der Waals surface area contributed by atoms with Crippen LogP contribution in [0.5, 0.6) is 0 Å². The van der Waals surface area contributed by atoms with E-state index in [2.05, 4.69) is 34.2 Å². The van der Waals surface area contributed by atoms with Gasteiger partial charge in [0.05, 0.1) is 18.3 Å². The molecule has 20 heavy (non-hydrogen) atoms. The highest BCUT2D eigenvalue weighted by molar-refractivity contribution is 7.99. The van der Waals surface area contributed by atoms with E-state index in [0.717, 1.165) is 15.6 Å². The van der Waals surface area contributed by atoms with Crippen LogP contribution < -0.4 is 10.6 Å². The zero-order valence-electron chi connectivity index (χ0n) is 10.6. The molecule has 100 valence electrons. The van der Waals surface area contributed by atoms with Gasteiger partial charge in [-0.2, -0.15) is 0 Å². The van der Waals surface area contributed by atoms with Crippen molar-refractivity contribution in [3.05, 3.63) is 53.1 Å². The molecule has 3 nitrogen and oxygen atoms in total. The number of hydrogen-bond acceptors (Lipinski definition) is 4. The van der Waals surface area contributed by atoms with E-state index in [1.54, 1.807) is 11.8 Å². The number of benzene rings is 2. The molecular formula is C15H12ClN3S. The van der Waals surface area contributed by atoms with Gasteiger partial charge in [-0.15, -0.1) is 0 Å². The average molecular weight is 302 g/mol. The van der Waals surface area contributed by atoms with Crippen LogP contribution in [0.15, 0.2) is 57.2 Å². The van der Waals surface area contributed by atoms with Crippen LogP contribution >= 0.6 is 23.4 Å². The summed E-state index contributed by atoms with van der Waals surface area (Å²) in [5, 5.41) is 0.738. The number of anilines is 1. The lowest BCUT2D eigenvalue weighted by Gasteiger charge is -2.26. The first-order valence-electron chi connectivity index (χ1n) is 6.39. The fourth-order valence-electron chi connectivity index (χ4n) is 2.76. The van der Waals surface area contributed by atoms with Crippen molar-refractivity contribution in [2.75, 3.05) is 11.4 Å². The second-order valence-corrected chi connectivity index (χ2v) is 6.36. The first-order chi connectivity index (χ1) is 9.74. The largest absolute Gasteiger partial charge is 0.369 e. The summed E-state index contributed by atoms with van der Waals surface area (Å²) in [6, 6.07) is 14.5. The van der Waals surface area contributed by atoms with E-state index < -0.39 is 0 Å². The number of fused-ring (bicyclic) bond motifs is 5. The predicted molar refractivity (Wildman–Crippen MR) is 83.7 cm³/mol. The van der Waals surface area contributed by atoms with Gasteiger partial charge in [-0.05, 0) is 29.8 Å². The number of nitrogens with zero attached hydrogens (tertiary/aromatic N) is 2. The Morgan fingerprint density at radius 1 is 1.20 bits per heavy atom. The van der Waals surface area contributed by atoms with Crippen molar-refractivity contribution in [3.8, 4) is 0 Å². The standard InChI is InChI=1S/C15H12ClN3S/c16-9-5-6-11-14(7-9)20-13-4-2-1-3-10(13)12-8-18-15(17)19(11)12/h1-7,12H,8H2,(H2,17,18). The Bertz CT molecular complexity index is 729. The minimum absolute atomic E-state index is 0.182. The monoisotopic (exact) mass is 301 g/mol. The lowest BCUT2D eigenvalue weighted by Crippen LogP contribution is -2.36. The smallest absolute Gasteiger partial charge is 0.196 e. The van der Waals surface area contributed by atoms with Gasteiger partial charge in [0.25, 0.3) is 0 Å². The van der Waals surface area contributed by atoms with Gasteiger partial charge in [0.2, 0.25) is 0 Å². The van der Waals surface area contributed by atoms with Crippen LogP contribution in [0, 0.1) is 0 Å². The molecule has 4 rings (SSSR count). The van der Waals surface area contributed by atoms with Crippen molar-refractivity contribution in [1.82, 2.24) is 0 Å². The maximum Gasteiger partial charge on any atom is 0.196 e. The van der Waals surface area contributed by atoms with E-state index in [-0.39, 0.29) is 6.04 Å². The number of guanidine groups is 1. The third kappa shape index (κ3) is 1.72. The zero-order valence-corrected chi connectivity index (χ0v) is 12.2. The third-order valence-corrected chi connectivity index (χ3v) is 5.04. The van der Waals surface area contributed by atoms with Crippen LogP contribution in [-0.2, 0) is 0 Å². The number of nitrogens with two attached hydrogens (primary N) is 1. The summed E-state index contributed by atoms with van der Waals surface area (Å²) >= 11 is 7.88. The molecule has 0 spiro atoms. The highest BCUT2D eigenvalue weighted by atomic mass is 35.5. The molecule has 0 amide bonds. The van der Waals surface area contributed by atoms with Gasteiger partial charge in [-0.3, -0.25) is 4.99 Å². The average Bonchev–Trinajstić information content (AvgIpc) is 2.75. The van der Waals surface area contributed by atoms with Crippen molar-refractivity contribution in [1.29, 1.82) is 0 Å². The van der Waals surface area contributed by atoms with Crippen molar-refractivity contribution in [2.45, 2.75) is 15.8 Å². The number of aliphatic imine (C=N–C) groups is 1. The van der Waals surface area contributed by atoms with Crippen LogP contribution in [0.25, 0.3) is 0 Å². The second-order valence-electron chi connectivity index (χ2n) is 4.84. The van der Waals surface area contributed by atoms with Gasteiger partial charge in [0.1, 0.15) is 0 Å². The Hall–Kier alpha value is -1.65. The van der Waals surface area contributed by atoms with Gasteiger partial charge in [0.15, 0.2) is 5.96 Å². The molecule has 2 N–H and O–H groups in total. The Balaban J connectivity index is 1.98. The molecule has 0 saturated carbocycles. The van der Waals surface area contributed by atoms with Crippen LogP contribution in [0.4, 0.5) is 5.69 Å². The Morgan fingerprint density at radius 3 is 2.95 bits per heavy atom. The topological polar surface area (TPSA) is 41.6 Å². The summed E-state index contributed by atoms with van der Waals surface area (Å²) in [4.78, 5) is 8.90. The van der Waals surface area contributed by atoms with Gasteiger partial charge in [0, 0.05) is 14.8 Å². The lowest BCUT2D eigenvalue weighted by molar-refractivity contribution is 0.753.